The van der Waals surface area contributed by atoms with E-state index in [1.54, 1.807) is 30.7 Å². The Kier molecular flexibility index (Phi) is 5.89. The third-order valence-electron chi connectivity index (χ3n) is 5.06. The maximum Gasteiger partial charge on any atom is 0.126 e. The summed E-state index contributed by atoms with van der Waals surface area (Å²) < 4.78 is 33.1. The van der Waals surface area contributed by atoms with Gasteiger partial charge in [0, 0.05) is 48.9 Å². The Labute approximate surface area is 167 Å². The first kappa shape index (κ1) is 19.6. The molecule has 2 atom stereocenters. The third kappa shape index (κ3) is 4.32. The minimum Gasteiger partial charge on any atom is -0.386 e. The van der Waals surface area contributed by atoms with Crippen molar-refractivity contribution in [3.05, 3.63) is 83.8 Å². The summed E-state index contributed by atoms with van der Waals surface area (Å²) in [6.07, 6.45) is 3.97. The van der Waals surface area contributed by atoms with Gasteiger partial charge in [0.05, 0.1) is 24.9 Å². The van der Waals surface area contributed by atoms with Crippen molar-refractivity contribution >= 4 is 0 Å². The molecule has 1 aliphatic heterocycles. The Morgan fingerprint density at radius 1 is 1.00 bits per heavy atom. The largest absolute Gasteiger partial charge is 0.386 e. The molecule has 0 bridgehead atoms. The molecule has 29 heavy (non-hydrogen) atoms. The van der Waals surface area contributed by atoms with Crippen molar-refractivity contribution in [1.29, 1.82) is 0 Å². The van der Waals surface area contributed by atoms with E-state index < -0.39 is 23.8 Å². The number of nitrogens with zero attached hydrogens (tertiary/aromatic N) is 3. The van der Waals surface area contributed by atoms with Crippen molar-refractivity contribution in [1.82, 2.24) is 14.9 Å². The second-order valence-corrected chi connectivity index (χ2v) is 6.92. The summed E-state index contributed by atoms with van der Waals surface area (Å²) in [6, 6.07) is 10.0. The highest BCUT2D eigenvalue weighted by molar-refractivity contribution is 5.64. The lowest BCUT2D eigenvalue weighted by molar-refractivity contribution is -0.0238. The Morgan fingerprint density at radius 3 is 2.41 bits per heavy atom. The van der Waals surface area contributed by atoms with Crippen molar-refractivity contribution in [2.45, 2.75) is 12.1 Å². The second-order valence-electron chi connectivity index (χ2n) is 6.92. The number of ether oxygens (including phenoxy) is 1. The van der Waals surface area contributed by atoms with E-state index in [0.717, 1.165) is 11.6 Å². The topological polar surface area (TPSA) is 58.5 Å². The van der Waals surface area contributed by atoms with E-state index in [-0.39, 0.29) is 5.56 Å². The molecule has 1 N–H and O–H groups in total. The Morgan fingerprint density at radius 2 is 1.72 bits per heavy atom. The van der Waals surface area contributed by atoms with Gasteiger partial charge in [-0.25, -0.2) is 8.78 Å². The molecule has 0 saturated carbocycles. The molecule has 0 amide bonds. The van der Waals surface area contributed by atoms with Gasteiger partial charge in [-0.05, 0) is 29.8 Å². The zero-order chi connectivity index (χ0) is 20.2. The molecule has 1 aliphatic rings. The van der Waals surface area contributed by atoms with E-state index in [9.17, 15) is 13.9 Å². The standard InChI is InChI=1S/C22H21F2N3O2/c23-17-11-16(12-18(24)13-17)20-19(4-2-6-26-20)22(28)21(15-3-1-5-25-14-15)27-7-9-29-10-8-27/h1-6,11-14,21-22,28H,7-10H2/t21-,22+/m0/s1. The van der Waals surface area contributed by atoms with Crippen LogP contribution in [0.5, 0.6) is 0 Å². The summed E-state index contributed by atoms with van der Waals surface area (Å²) >= 11 is 0. The molecule has 7 heteroatoms. The Bertz CT molecular complexity index is 945. The number of pyridine rings is 2. The van der Waals surface area contributed by atoms with Gasteiger partial charge in [0.15, 0.2) is 0 Å². The first-order valence-corrected chi connectivity index (χ1v) is 9.44. The van der Waals surface area contributed by atoms with Crippen LogP contribution in [0.3, 0.4) is 0 Å². The van der Waals surface area contributed by atoms with Crippen LogP contribution in [-0.2, 0) is 4.74 Å². The van der Waals surface area contributed by atoms with Crippen LogP contribution in [-0.4, -0.2) is 46.3 Å². The van der Waals surface area contributed by atoms with Gasteiger partial charge in [0.2, 0.25) is 0 Å². The summed E-state index contributed by atoms with van der Waals surface area (Å²) in [5, 5.41) is 11.4. The molecule has 0 aliphatic carbocycles. The van der Waals surface area contributed by atoms with Crippen LogP contribution in [0.1, 0.15) is 23.3 Å². The number of morpholine rings is 1. The highest BCUT2D eigenvalue weighted by atomic mass is 19.1. The minimum atomic E-state index is -0.979. The van der Waals surface area contributed by atoms with Crippen LogP contribution in [0.4, 0.5) is 8.78 Å². The van der Waals surface area contributed by atoms with Crippen LogP contribution in [0, 0.1) is 11.6 Å². The monoisotopic (exact) mass is 397 g/mol. The van der Waals surface area contributed by atoms with Crippen LogP contribution in [0.15, 0.2) is 61.1 Å². The molecule has 1 aromatic carbocycles. The maximum absolute atomic E-state index is 13.8. The molecule has 0 unspecified atom stereocenters. The lowest BCUT2D eigenvalue weighted by Gasteiger charge is -2.37. The summed E-state index contributed by atoms with van der Waals surface area (Å²) in [5.41, 5.74) is 1.98. The van der Waals surface area contributed by atoms with E-state index in [0.29, 0.717) is 37.6 Å². The van der Waals surface area contributed by atoms with Crippen molar-refractivity contribution in [2.24, 2.45) is 0 Å². The lowest BCUT2D eigenvalue weighted by atomic mass is 9.92. The number of hydrogen-bond acceptors (Lipinski definition) is 5. The zero-order valence-electron chi connectivity index (χ0n) is 15.7. The van der Waals surface area contributed by atoms with E-state index >= 15 is 0 Å². The molecule has 5 nitrogen and oxygen atoms in total. The first-order chi connectivity index (χ1) is 14.1. The Balaban J connectivity index is 1.78. The van der Waals surface area contributed by atoms with Crippen molar-refractivity contribution in [3.63, 3.8) is 0 Å². The molecular weight excluding hydrogens is 376 g/mol. The van der Waals surface area contributed by atoms with Gasteiger partial charge in [0.1, 0.15) is 17.7 Å². The van der Waals surface area contributed by atoms with Crippen LogP contribution in [0.25, 0.3) is 11.3 Å². The van der Waals surface area contributed by atoms with Gasteiger partial charge in [-0.1, -0.05) is 12.1 Å². The van der Waals surface area contributed by atoms with E-state index in [1.165, 1.54) is 12.1 Å². The molecule has 2 aromatic heterocycles. The van der Waals surface area contributed by atoms with E-state index in [4.69, 9.17) is 4.74 Å². The normalized spacial score (nSPS) is 17.1. The van der Waals surface area contributed by atoms with E-state index in [2.05, 4.69) is 14.9 Å². The fourth-order valence-corrected chi connectivity index (χ4v) is 3.76. The summed E-state index contributed by atoms with van der Waals surface area (Å²) in [5.74, 6) is -1.38. The maximum atomic E-state index is 13.8. The fourth-order valence-electron chi connectivity index (χ4n) is 3.76. The highest BCUT2D eigenvalue weighted by Crippen LogP contribution is 2.38. The molecule has 0 radical (unpaired) electrons. The third-order valence-corrected chi connectivity index (χ3v) is 5.06. The smallest absolute Gasteiger partial charge is 0.126 e. The van der Waals surface area contributed by atoms with Gasteiger partial charge in [-0.15, -0.1) is 0 Å². The predicted molar refractivity (Wildman–Crippen MR) is 104 cm³/mol. The van der Waals surface area contributed by atoms with Gasteiger partial charge in [-0.3, -0.25) is 14.9 Å². The van der Waals surface area contributed by atoms with Gasteiger partial charge in [0.25, 0.3) is 0 Å². The fraction of sp³-hybridized carbons (Fsp3) is 0.273. The lowest BCUT2D eigenvalue weighted by Crippen LogP contribution is -2.41. The number of aliphatic hydroxyl groups is 1. The molecule has 3 aromatic rings. The summed E-state index contributed by atoms with van der Waals surface area (Å²) in [6.45, 7) is 2.44. The molecule has 1 saturated heterocycles. The van der Waals surface area contributed by atoms with Gasteiger partial charge in [-0.2, -0.15) is 0 Å². The highest BCUT2D eigenvalue weighted by Gasteiger charge is 2.32. The molecular formula is C22H21F2N3O2. The van der Waals surface area contributed by atoms with E-state index in [1.807, 2.05) is 12.1 Å². The molecule has 150 valence electrons. The minimum absolute atomic E-state index is 0.282. The van der Waals surface area contributed by atoms with Crippen LogP contribution in [0.2, 0.25) is 0 Å². The van der Waals surface area contributed by atoms with Gasteiger partial charge < -0.3 is 9.84 Å². The molecule has 4 rings (SSSR count). The van der Waals surface area contributed by atoms with Crippen molar-refractivity contribution in [3.8, 4) is 11.3 Å². The van der Waals surface area contributed by atoms with Crippen LogP contribution >= 0.6 is 0 Å². The quantitative estimate of drug-likeness (QED) is 0.714. The second kappa shape index (κ2) is 8.73. The van der Waals surface area contributed by atoms with Crippen molar-refractivity contribution < 1.29 is 18.6 Å². The molecule has 0 spiro atoms. The number of benzene rings is 1. The predicted octanol–water partition coefficient (Wildman–Crippen LogP) is 3.53. The number of aromatic nitrogens is 2. The number of rotatable bonds is 5. The van der Waals surface area contributed by atoms with Crippen LogP contribution < -0.4 is 0 Å². The molecule has 1 fully saturated rings. The number of hydrogen-bond donors (Lipinski definition) is 1. The van der Waals surface area contributed by atoms with Gasteiger partial charge >= 0.3 is 0 Å². The summed E-state index contributed by atoms with van der Waals surface area (Å²) in [7, 11) is 0. The SMILES string of the molecule is O[C@H](c1cccnc1-c1cc(F)cc(F)c1)[C@H](c1cccnc1)N1CCOCC1. The zero-order valence-corrected chi connectivity index (χ0v) is 15.7. The van der Waals surface area contributed by atoms with Crippen molar-refractivity contribution in [2.75, 3.05) is 26.3 Å². The Hall–Kier alpha value is -2.74. The number of halogens is 2. The number of aliphatic hydroxyl groups excluding tert-OH is 1. The average Bonchev–Trinajstić information content (AvgIpc) is 2.75. The average molecular weight is 397 g/mol. The summed E-state index contributed by atoms with van der Waals surface area (Å²) in [4.78, 5) is 10.7. The molecule has 3 heterocycles. The first-order valence-electron chi connectivity index (χ1n) is 9.44.